The minimum absolute atomic E-state index is 0.0367. The van der Waals surface area contributed by atoms with Gasteiger partial charge in [0.05, 0.1) is 19.1 Å². The number of methoxy groups -OCH3 is 1. The summed E-state index contributed by atoms with van der Waals surface area (Å²) in [5, 5.41) is 13.2. The Morgan fingerprint density at radius 1 is 1.43 bits per heavy atom. The molecule has 0 heterocycles. The van der Waals surface area contributed by atoms with Gasteiger partial charge in [-0.1, -0.05) is 25.0 Å². The summed E-state index contributed by atoms with van der Waals surface area (Å²) in [6, 6.07) is 7.89. The van der Waals surface area contributed by atoms with Crippen LogP contribution in [0.25, 0.3) is 0 Å². The fourth-order valence-electron chi connectivity index (χ4n) is 3.04. The third kappa shape index (κ3) is 4.74. The third-order valence-electron chi connectivity index (χ3n) is 4.11. The van der Waals surface area contributed by atoms with Crippen molar-refractivity contribution in [2.45, 2.75) is 57.1 Å². The van der Waals surface area contributed by atoms with Gasteiger partial charge in [0.2, 0.25) is 5.91 Å². The normalized spacial score (nSPS) is 18.2. The molecule has 1 aliphatic carbocycles. The van der Waals surface area contributed by atoms with Crippen molar-refractivity contribution in [3.05, 3.63) is 29.8 Å². The first kappa shape index (κ1) is 15.8. The molecule has 2 N–H and O–H groups in total. The lowest BCUT2D eigenvalue weighted by atomic mass is 9.97. The number of aliphatic hydroxyl groups is 1. The maximum Gasteiger partial charge on any atom is 0.223 e. The van der Waals surface area contributed by atoms with Crippen LogP contribution in [0, 0.1) is 0 Å². The highest BCUT2D eigenvalue weighted by Gasteiger charge is 2.33. The van der Waals surface area contributed by atoms with Crippen LogP contribution in [0.15, 0.2) is 24.3 Å². The van der Waals surface area contributed by atoms with Crippen LogP contribution < -0.4 is 10.1 Å². The number of ether oxygens (including phenoxy) is 1. The van der Waals surface area contributed by atoms with Crippen molar-refractivity contribution < 1.29 is 14.6 Å². The van der Waals surface area contributed by atoms with Crippen LogP contribution >= 0.6 is 0 Å². The first-order chi connectivity index (χ1) is 10.0. The van der Waals surface area contributed by atoms with Crippen molar-refractivity contribution in [3.8, 4) is 5.75 Å². The molecule has 0 aliphatic heterocycles. The number of benzene rings is 1. The van der Waals surface area contributed by atoms with Crippen molar-refractivity contribution in [2.24, 2.45) is 0 Å². The minimum Gasteiger partial charge on any atom is -0.497 e. The summed E-state index contributed by atoms with van der Waals surface area (Å²) in [7, 11) is 1.65. The fourth-order valence-corrected chi connectivity index (χ4v) is 3.04. The molecule has 1 atom stereocenters. The molecule has 1 aliphatic rings. The molecular weight excluding hydrogens is 266 g/mol. The summed E-state index contributed by atoms with van der Waals surface area (Å²) < 4.78 is 5.20. The largest absolute Gasteiger partial charge is 0.497 e. The second kappa shape index (κ2) is 6.94. The van der Waals surface area contributed by atoms with Crippen LogP contribution in [0.5, 0.6) is 5.75 Å². The highest BCUT2D eigenvalue weighted by atomic mass is 16.5. The summed E-state index contributed by atoms with van der Waals surface area (Å²) in [5.41, 5.74) is 0.349. The van der Waals surface area contributed by atoms with Crippen molar-refractivity contribution in [2.75, 3.05) is 7.11 Å². The highest BCUT2D eigenvalue weighted by molar-refractivity contribution is 5.77. The van der Waals surface area contributed by atoms with Gasteiger partial charge in [-0.05, 0) is 43.9 Å². The van der Waals surface area contributed by atoms with E-state index >= 15 is 0 Å². The van der Waals surface area contributed by atoms with E-state index in [1.807, 2.05) is 31.2 Å². The first-order valence-corrected chi connectivity index (χ1v) is 7.65. The number of amides is 1. The van der Waals surface area contributed by atoms with E-state index in [9.17, 15) is 9.90 Å². The summed E-state index contributed by atoms with van der Waals surface area (Å²) in [6.07, 6.45) is 4.48. The molecule has 4 heteroatoms. The molecule has 0 radical (unpaired) electrons. The van der Waals surface area contributed by atoms with E-state index in [-0.39, 0.29) is 18.4 Å². The Morgan fingerprint density at radius 3 is 2.81 bits per heavy atom. The lowest BCUT2D eigenvalue weighted by molar-refractivity contribution is -0.126. The molecular formula is C17H25NO3. The van der Waals surface area contributed by atoms with Gasteiger partial charge in [0.1, 0.15) is 5.75 Å². The van der Waals surface area contributed by atoms with Gasteiger partial charge in [-0.3, -0.25) is 4.79 Å². The molecule has 1 aromatic rings. The molecule has 1 amide bonds. The van der Waals surface area contributed by atoms with Crippen LogP contribution in [0.4, 0.5) is 0 Å². The number of hydrogen-bond donors (Lipinski definition) is 2. The maximum absolute atomic E-state index is 12.0. The standard InChI is InChI=1S/C17H25NO3/c1-13(10-14-6-5-7-15(11-14)21-2)18-16(19)12-17(20)8-3-4-9-17/h5-7,11,13,20H,3-4,8-10,12H2,1-2H3,(H,18,19)/t13-/m1/s1. The summed E-state index contributed by atoms with van der Waals surface area (Å²) in [6.45, 7) is 1.98. The molecule has 21 heavy (non-hydrogen) atoms. The van der Waals surface area contributed by atoms with E-state index in [2.05, 4.69) is 5.32 Å². The second-order valence-corrected chi connectivity index (χ2v) is 6.13. The number of nitrogens with one attached hydrogen (secondary N) is 1. The summed E-state index contributed by atoms with van der Waals surface area (Å²) >= 11 is 0. The van der Waals surface area contributed by atoms with Crippen LogP contribution in [0.2, 0.25) is 0 Å². The predicted molar refractivity (Wildman–Crippen MR) is 82.3 cm³/mol. The summed E-state index contributed by atoms with van der Waals surface area (Å²) in [5.74, 6) is 0.765. The number of carbonyl (C=O) groups is 1. The van der Waals surface area contributed by atoms with Crippen molar-refractivity contribution in [3.63, 3.8) is 0 Å². The highest BCUT2D eigenvalue weighted by Crippen LogP contribution is 2.32. The van der Waals surface area contributed by atoms with Crippen LogP contribution in [-0.2, 0) is 11.2 Å². The molecule has 0 saturated heterocycles. The van der Waals surface area contributed by atoms with Gasteiger partial charge < -0.3 is 15.2 Å². The summed E-state index contributed by atoms with van der Waals surface area (Å²) in [4.78, 5) is 12.0. The molecule has 4 nitrogen and oxygen atoms in total. The Bertz CT molecular complexity index is 481. The second-order valence-electron chi connectivity index (χ2n) is 6.13. The molecule has 116 valence electrons. The average molecular weight is 291 g/mol. The topological polar surface area (TPSA) is 58.6 Å². The van der Waals surface area contributed by atoms with E-state index in [4.69, 9.17) is 4.74 Å². The lowest BCUT2D eigenvalue weighted by Crippen LogP contribution is -2.39. The van der Waals surface area contributed by atoms with Gasteiger partial charge in [-0.2, -0.15) is 0 Å². The smallest absolute Gasteiger partial charge is 0.223 e. The predicted octanol–water partition coefficient (Wildman–Crippen LogP) is 2.44. The van der Waals surface area contributed by atoms with Crippen LogP contribution in [0.1, 0.15) is 44.6 Å². The Hall–Kier alpha value is -1.55. The van der Waals surface area contributed by atoms with E-state index in [0.29, 0.717) is 0 Å². The molecule has 0 unspecified atom stereocenters. The van der Waals surface area contributed by atoms with Gasteiger partial charge in [-0.15, -0.1) is 0 Å². The molecule has 1 saturated carbocycles. The number of rotatable bonds is 6. The van der Waals surface area contributed by atoms with Gasteiger partial charge in [0, 0.05) is 6.04 Å². The quantitative estimate of drug-likeness (QED) is 0.846. The Labute approximate surface area is 126 Å². The van der Waals surface area contributed by atoms with Crippen molar-refractivity contribution in [1.82, 2.24) is 5.32 Å². The maximum atomic E-state index is 12.0. The zero-order valence-corrected chi connectivity index (χ0v) is 12.9. The van der Waals surface area contributed by atoms with Gasteiger partial charge >= 0.3 is 0 Å². The van der Waals surface area contributed by atoms with Crippen molar-refractivity contribution >= 4 is 5.91 Å². The van der Waals surface area contributed by atoms with E-state index in [1.165, 1.54) is 0 Å². The molecule has 0 spiro atoms. The molecule has 0 aromatic heterocycles. The number of hydrogen-bond acceptors (Lipinski definition) is 3. The van der Waals surface area contributed by atoms with Gasteiger partial charge in [0.25, 0.3) is 0 Å². The Balaban J connectivity index is 1.83. The molecule has 1 fully saturated rings. The molecule has 0 bridgehead atoms. The van der Waals surface area contributed by atoms with Crippen LogP contribution in [0.3, 0.4) is 0 Å². The van der Waals surface area contributed by atoms with E-state index < -0.39 is 5.60 Å². The zero-order valence-electron chi connectivity index (χ0n) is 12.9. The van der Waals surface area contributed by atoms with Crippen molar-refractivity contribution in [1.29, 1.82) is 0 Å². The lowest BCUT2D eigenvalue weighted by Gasteiger charge is -2.23. The first-order valence-electron chi connectivity index (χ1n) is 7.65. The monoisotopic (exact) mass is 291 g/mol. The SMILES string of the molecule is COc1cccc(C[C@@H](C)NC(=O)CC2(O)CCCC2)c1. The minimum atomic E-state index is -0.778. The van der Waals surface area contributed by atoms with Crippen LogP contribution in [-0.4, -0.2) is 29.8 Å². The third-order valence-corrected chi connectivity index (χ3v) is 4.11. The molecule has 2 rings (SSSR count). The Kier molecular flexibility index (Phi) is 5.23. The fraction of sp³-hybridized carbons (Fsp3) is 0.588. The van der Waals surface area contributed by atoms with E-state index in [1.54, 1.807) is 7.11 Å². The van der Waals surface area contributed by atoms with Gasteiger partial charge in [-0.25, -0.2) is 0 Å². The average Bonchev–Trinajstić information content (AvgIpc) is 2.84. The van der Waals surface area contributed by atoms with Gasteiger partial charge in [0.15, 0.2) is 0 Å². The van der Waals surface area contributed by atoms with E-state index in [0.717, 1.165) is 43.4 Å². The Morgan fingerprint density at radius 2 is 2.14 bits per heavy atom. The number of carbonyl (C=O) groups excluding carboxylic acids is 1. The molecule has 1 aromatic carbocycles. The zero-order chi connectivity index (χ0) is 15.3.